The van der Waals surface area contributed by atoms with Crippen molar-refractivity contribution in [1.29, 1.82) is 0 Å². The van der Waals surface area contributed by atoms with Crippen LogP contribution >= 0.6 is 11.6 Å². The monoisotopic (exact) mass is 661 g/mol. The number of hydrazine groups is 1. The molecule has 0 aromatic heterocycles. The minimum Gasteiger partial charge on any atom is -0.494 e. The number of nitrogens with zero attached hydrogens (tertiary/aromatic N) is 1. The molecule has 0 bridgehead atoms. The van der Waals surface area contributed by atoms with Gasteiger partial charge in [0.2, 0.25) is 5.90 Å². The number of aliphatic imine (C=N–C) groups is 1. The zero-order chi connectivity index (χ0) is 32.4. The fourth-order valence-electron chi connectivity index (χ4n) is 5.14. The lowest BCUT2D eigenvalue weighted by Gasteiger charge is -2.30. The Morgan fingerprint density at radius 3 is 2.28 bits per heavy atom. The molecule has 1 aliphatic heterocycles. The van der Waals surface area contributed by atoms with Crippen LogP contribution in [0.4, 0.5) is 0 Å². The van der Waals surface area contributed by atoms with E-state index in [-0.39, 0.29) is 29.6 Å². The fraction of sp³-hybridized carbons (Fsp3) is 0.257. The van der Waals surface area contributed by atoms with Crippen LogP contribution in [0.25, 0.3) is 0 Å². The predicted octanol–water partition coefficient (Wildman–Crippen LogP) is 5.09. The van der Waals surface area contributed by atoms with Crippen molar-refractivity contribution in [3.63, 3.8) is 0 Å². The molecule has 46 heavy (non-hydrogen) atoms. The molecule has 0 saturated heterocycles. The zero-order valence-corrected chi connectivity index (χ0v) is 26.7. The van der Waals surface area contributed by atoms with Crippen molar-refractivity contribution in [1.82, 2.24) is 10.9 Å². The van der Waals surface area contributed by atoms with Crippen LogP contribution in [0.1, 0.15) is 35.6 Å². The number of hydrogen-bond acceptors (Lipinski definition) is 8. The van der Waals surface area contributed by atoms with Gasteiger partial charge in [0.05, 0.1) is 17.3 Å². The van der Waals surface area contributed by atoms with Crippen LogP contribution in [-0.2, 0) is 25.8 Å². The van der Waals surface area contributed by atoms with Gasteiger partial charge in [0.15, 0.2) is 21.5 Å². The second kappa shape index (κ2) is 15.4. The average Bonchev–Trinajstić information content (AvgIpc) is 3.49. The summed E-state index contributed by atoms with van der Waals surface area (Å²) in [5, 5.41) is 9.68. The van der Waals surface area contributed by atoms with Crippen molar-refractivity contribution < 1.29 is 27.8 Å². The molecule has 0 unspecified atom stereocenters. The molecule has 0 radical (unpaired) electrons. The number of ether oxygens (including phenoxy) is 2. The van der Waals surface area contributed by atoms with Gasteiger partial charge in [0, 0.05) is 36.6 Å². The van der Waals surface area contributed by atoms with Crippen LogP contribution < -0.4 is 15.6 Å². The number of carbonyl (C=O) groups excluding carboxylic acids is 1. The van der Waals surface area contributed by atoms with Crippen LogP contribution in [0.3, 0.4) is 0 Å². The number of hydrogen-bond donors (Lipinski definition) is 3. The number of benzene rings is 4. The zero-order valence-electron chi connectivity index (χ0n) is 25.1. The highest BCUT2D eigenvalue weighted by Crippen LogP contribution is 2.43. The van der Waals surface area contributed by atoms with Crippen molar-refractivity contribution in [2.24, 2.45) is 4.99 Å². The molecule has 5 rings (SSSR count). The summed E-state index contributed by atoms with van der Waals surface area (Å²) in [6.07, 6.45) is 0.0777. The quantitative estimate of drug-likeness (QED) is 0.120. The van der Waals surface area contributed by atoms with Crippen molar-refractivity contribution in [3.05, 3.63) is 131 Å². The Bertz CT molecular complexity index is 1720. The van der Waals surface area contributed by atoms with Gasteiger partial charge in [-0.2, -0.15) is 0 Å². The van der Waals surface area contributed by atoms with E-state index in [2.05, 4.69) is 10.9 Å². The number of halogens is 1. The van der Waals surface area contributed by atoms with Gasteiger partial charge in [0.1, 0.15) is 5.75 Å². The molecule has 9 nitrogen and oxygen atoms in total. The van der Waals surface area contributed by atoms with Gasteiger partial charge in [-0.25, -0.2) is 18.8 Å². The molecule has 0 spiro atoms. The molecule has 240 valence electrons. The van der Waals surface area contributed by atoms with E-state index in [4.69, 9.17) is 31.2 Å². The summed E-state index contributed by atoms with van der Waals surface area (Å²) >= 11 is 6.00. The normalized spacial score (nSPS) is 17.6. The molecule has 11 heteroatoms. The largest absolute Gasteiger partial charge is 0.494 e. The topological polar surface area (TPSA) is 126 Å². The van der Waals surface area contributed by atoms with Crippen LogP contribution in [0.15, 0.2) is 119 Å². The Labute approximate surface area is 274 Å². The number of carbonyl (C=O) groups is 1. The van der Waals surface area contributed by atoms with Gasteiger partial charge in [-0.1, -0.05) is 72.3 Å². The SMILES string of the molecule is O=C(NNCCc1ccc(Cl)cc1)[C@@]1(CCS(=O)(=O)c2ccccc2)N=C(c2ccc(OCCCO)cc2)O[C@H]1c1ccccc1. The number of aliphatic hydroxyl groups is 1. The number of sulfone groups is 1. The Morgan fingerprint density at radius 1 is 0.935 bits per heavy atom. The van der Waals surface area contributed by atoms with E-state index in [1.807, 2.05) is 54.6 Å². The Hall–Kier alpha value is -4.22. The molecule has 4 aromatic rings. The van der Waals surface area contributed by atoms with Crippen molar-refractivity contribution in [3.8, 4) is 5.75 Å². The number of rotatable bonds is 15. The van der Waals surface area contributed by atoms with E-state index in [1.54, 1.807) is 54.6 Å². The van der Waals surface area contributed by atoms with E-state index in [1.165, 1.54) is 0 Å². The minimum absolute atomic E-state index is 0.0315. The highest BCUT2D eigenvalue weighted by atomic mass is 35.5. The second-order valence-corrected chi connectivity index (χ2v) is 13.4. The van der Waals surface area contributed by atoms with Gasteiger partial charge < -0.3 is 14.6 Å². The third kappa shape index (κ3) is 8.13. The molecule has 3 N–H and O–H groups in total. The maximum Gasteiger partial charge on any atom is 0.266 e. The third-order valence-electron chi connectivity index (χ3n) is 7.64. The maximum atomic E-state index is 14.2. The van der Waals surface area contributed by atoms with Crippen LogP contribution in [-0.4, -0.2) is 56.4 Å². The molecular weight excluding hydrogens is 626 g/mol. The van der Waals surface area contributed by atoms with E-state index < -0.39 is 27.4 Å². The number of amides is 1. The van der Waals surface area contributed by atoms with Gasteiger partial charge in [0.25, 0.3) is 5.91 Å². The first kappa shape index (κ1) is 33.2. The Morgan fingerprint density at radius 2 is 1.61 bits per heavy atom. The summed E-state index contributed by atoms with van der Waals surface area (Å²) in [5.74, 6) is -0.0295. The first-order valence-electron chi connectivity index (χ1n) is 15.0. The van der Waals surface area contributed by atoms with Crippen molar-refractivity contribution in [2.45, 2.75) is 35.8 Å². The van der Waals surface area contributed by atoms with Crippen LogP contribution in [0.5, 0.6) is 5.75 Å². The van der Waals surface area contributed by atoms with Gasteiger partial charge >= 0.3 is 0 Å². The molecule has 1 aliphatic rings. The maximum absolute atomic E-state index is 14.2. The average molecular weight is 662 g/mol. The van der Waals surface area contributed by atoms with E-state index in [9.17, 15) is 13.2 Å². The first-order chi connectivity index (χ1) is 22.3. The molecule has 1 heterocycles. The Balaban J connectivity index is 1.45. The molecule has 2 atom stereocenters. The highest BCUT2D eigenvalue weighted by molar-refractivity contribution is 7.91. The summed E-state index contributed by atoms with van der Waals surface area (Å²) < 4.78 is 39.0. The minimum atomic E-state index is -3.76. The summed E-state index contributed by atoms with van der Waals surface area (Å²) in [4.78, 5) is 19.3. The lowest BCUT2D eigenvalue weighted by atomic mass is 9.85. The Kier molecular flexibility index (Phi) is 11.1. The summed E-state index contributed by atoms with van der Waals surface area (Å²) in [7, 11) is -3.76. The number of aliphatic hydroxyl groups excluding tert-OH is 1. The third-order valence-corrected chi connectivity index (χ3v) is 9.62. The molecule has 0 fully saturated rings. The second-order valence-electron chi connectivity index (χ2n) is 10.8. The van der Waals surface area contributed by atoms with E-state index in [0.29, 0.717) is 47.9 Å². The summed E-state index contributed by atoms with van der Waals surface area (Å²) in [6, 6.07) is 31.9. The number of nitrogens with one attached hydrogen (secondary N) is 2. The summed E-state index contributed by atoms with van der Waals surface area (Å²) in [5.41, 5.74) is 6.48. The molecule has 1 amide bonds. The van der Waals surface area contributed by atoms with Crippen molar-refractivity contribution >= 4 is 33.2 Å². The molecule has 4 aromatic carbocycles. The first-order valence-corrected chi connectivity index (χ1v) is 17.0. The van der Waals surface area contributed by atoms with Crippen LogP contribution in [0, 0.1) is 0 Å². The van der Waals surface area contributed by atoms with Crippen molar-refractivity contribution in [2.75, 3.05) is 25.5 Å². The van der Waals surface area contributed by atoms with Gasteiger partial charge in [-0.05, 0) is 66.1 Å². The van der Waals surface area contributed by atoms with Gasteiger partial charge in [-0.15, -0.1) is 0 Å². The lowest BCUT2D eigenvalue weighted by Crippen LogP contribution is -2.53. The van der Waals surface area contributed by atoms with Gasteiger partial charge in [-0.3, -0.25) is 10.2 Å². The molecular formula is C35H36ClN3O6S. The standard InChI is InChI=1S/C35H36ClN3O6S/c36-29-16-12-26(13-17-29)20-22-37-39-34(41)35(21-25-46(42,43)31-10-5-2-6-11-31)32(27-8-3-1-4-9-27)45-33(38-35)28-14-18-30(19-15-28)44-24-7-23-40/h1-6,8-19,32,37,40H,7,20-25H2,(H,39,41)/t32-,35-/m0/s1. The molecule has 0 saturated carbocycles. The van der Waals surface area contributed by atoms with E-state index in [0.717, 1.165) is 5.56 Å². The smallest absolute Gasteiger partial charge is 0.266 e. The fourth-order valence-corrected chi connectivity index (χ4v) is 6.66. The van der Waals surface area contributed by atoms with Crippen LogP contribution in [0.2, 0.25) is 5.02 Å². The predicted molar refractivity (Wildman–Crippen MR) is 178 cm³/mol. The van der Waals surface area contributed by atoms with E-state index >= 15 is 0 Å². The lowest BCUT2D eigenvalue weighted by molar-refractivity contribution is -0.130. The summed E-state index contributed by atoms with van der Waals surface area (Å²) in [6.45, 7) is 0.814. The molecule has 0 aliphatic carbocycles. The highest BCUT2D eigenvalue weighted by Gasteiger charge is 2.53.